The third-order valence-corrected chi connectivity index (χ3v) is 6.30. The molecular formula is C27H29N3O2. The Morgan fingerprint density at radius 3 is 2.38 bits per heavy atom. The van der Waals surface area contributed by atoms with Crippen LogP contribution in [0.4, 0.5) is 5.69 Å². The fraction of sp³-hybridized carbons (Fsp3) is 0.333. The third kappa shape index (κ3) is 3.94. The van der Waals surface area contributed by atoms with E-state index in [2.05, 4.69) is 65.3 Å². The summed E-state index contributed by atoms with van der Waals surface area (Å²) < 4.78 is 12.2. The van der Waals surface area contributed by atoms with Crippen LogP contribution in [0.5, 0.6) is 0 Å². The molecule has 2 aliphatic rings. The molecule has 3 aromatic rings. The number of ether oxygens (including phenoxy) is 2. The van der Waals surface area contributed by atoms with Crippen LogP contribution in [0.2, 0.25) is 0 Å². The number of anilines is 1. The van der Waals surface area contributed by atoms with Crippen molar-refractivity contribution in [1.29, 1.82) is 0 Å². The van der Waals surface area contributed by atoms with E-state index in [4.69, 9.17) is 14.5 Å². The first-order valence-corrected chi connectivity index (χ1v) is 11.1. The van der Waals surface area contributed by atoms with E-state index in [1.165, 1.54) is 11.1 Å². The highest BCUT2D eigenvalue weighted by Crippen LogP contribution is 2.42. The lowest BCUT2D eigenvalue weighted by Crippen LogP contribution is -2.56. The number of fused-ring (bicyclic) bond motifs is 1. The summed E-state index contributed by atoms with van der Waals surface area (Å²) in [4.78, 5) is 12.0. The van der Waals surface area contributed by atoms with E-state index in [9.17, 15) is 0 Å². The predicted octanol–water partition coefficient (Wildman–Crippen LogP) is 5.30. The van der Waals surface area contributed by atoms with Crippen LogP contribution in [0, 0.1) is 5.41 Å². The molecule has 32 heavy (non-hydrogen) atoms. The van der Waals surface area contributed by atoms with Gasteiger partial charge >= 0.3 is 0 Å². The van der Waals surface area contributed by atoms with Crippen molar-refractivity contribution >= 4 is 11.9 Å². The van der Waals surface area contributed by atoms with Crippen molar-refractivity contribution in [3.05, 3.63) is 84.2 Å². The van der Waals surface area contributed by atoms with Gasteiger partial charge in [0, 0.05) is 23.7 Å². The van der Waals surface area contributed by atoms with Crippen LogP contribution in [-0.4, -0.2) is 36.4 Å². The van der Waals surface area contributed by atoms with Crippen LogP contribution in [0.25, 0.3) is 11.1 Å². The Morgan fingerprint density at radius 2 is 1.66 bits per heavy atom. The first kappa shape index (κ1) is 20.9. The number of aliphatic imine (C=N–C) groups is 1. The summed E-state index contributed by atoms with van der Waals surface area (Å²) in [5, 5.41) is 0. The summed E-state index contributed by atoms with van der Waals surface area (Å²) in [7, 11) is 0. The molecule has 2 aromatic carbocycles. The van der Waals surface area contributed by atoms with Gasteiger partial charge in [0.25, 0.3) is 0 Å². The molecule has 5 rings (SSSR count). The van der Waals surface area contributed by atoms with Crippen LogP contribution < -0.4 is 4.90 Å². The minimum atomic E-state index is -0.567. The number of pyridine rings is 1. The quantitative estimate of drug-likeness (QED) is 0.567. The summed E-state index contributed by atoms with van der Waals surface area (Å²) in [5.41, 5.74) is 5.37. The lowest BCUT2D eigenvalue weighted by molar-refractivity contribution is -0.285. The van der Waals surface area contributed by atoms with E-state index in [0.29, 0.717) is 19.8 Å². The van der Waals surface area contributed by atoms with Crippen LogP contribution in [0.3, 0.4) is 0 Å². The van der Waals surface area contributed by atoms with Crippen molar-refractivity contribution < 1.29 is 9.47 Å². The van der Waals surface area contributed by atoms with E-state index in [-0.39, 0.29) is 11.6 Å². The van der Waals surface area contributed by atoms with E-state index >= 15 is 0 Å². The highest BCUT2D eigenvalue weighted by molar-refractivity contribution is 5.98. The van der Waals surface area contributed by atoms with Gasteiger partial charge in [-0.1, -0.05) is 55.5 Å². The summed E-state index contributed by atoms with van der Waals surface area (Å²) in [6, 6.07) is 23.0. The molecule has 164 valence electrons. The van der Waals surface area contributed by atoms with Gasteiger partial charge in [0.2, 0.25) is 0 Å². The number of rotatable bonds is 4. The van der Waals surface area contributed by atoms with Gasteiger partial charge in [-0.2, -0.15) is 0 Å². The second-order valence-corrected chi connectivity index (χ2v) is 9.34. The fourth-order valence-corrected chi connectivity index (χ4v) is 4.47. The molecule has 5 nitrogen and oxygen atoms in total. The van der Waals surface area contributed by atoms with Crippen LogP contribution >= 0.6 is 0 Å². The van der Waals surface area contributed by atoms with Crippen molar-refractivity contribution in [3.63, 3.8) is 0 Å². The maximum absolute atomic E-state index is 6.08. The second kappa shape index (κ2) is 8.15. The molecule has 0 spiro atoms. The Kier molecular flexibility index (Phi) is 5.31. The summed E-state index contributed by atoms with van der Waals surface area (Å²) in [6.07, 6.45) is 3.75. The van der Waals surface area contributed by atoms with Gasteiger partial charge in [-0.05, 0) is 43.2 Å². The third-order valence-electron chi connectivity index (χ3n) is 6.30. The number of benzene rings is 2. The molecule has 1 saturated heterocycles. The number of hydrogen-bond acceptors (Lipinski definition) is 5. The van der Waals surface area contributed by atoms with E-state index < -0.39 is 5.79 Å². The molecule has 1 fully saturated rings. The predicted molar refractivity (Wildman–Crippen MR) is 128 cm³/mol. The molecule has 0 N–H and O–H groups in total. The molecule has 1 atom stereocenters. The lowest BCUT2D eigenvalue weighted by Gasteiger charge is -2.49. The second-order valence-electron chi connectivity index (χ2n) is 9.34. The molecule has 2 aliphatic heterocycles. The van der Waals surface area contributed by atoms with Gasteiger partial charge in [-0.3, -0.25) is 9.98 Å². The number of aromatic nitrogens is 1. The molecule has 0 aliphatic carbocycles. The van der Waals surface area contributed by atoms with E-state index in [0.717, 1.165) is 16.9 Å². The van der Waals surface area contributed by atoms with Gasteiger partial charge in [0.15, 0.2) is 5.79 Å². The first-order valence-electron chi connectivity index (χ1n) is 11.1. The Morgan fingerprint density at radius 1 is 0.906 bits per heavy atom. The van der Waals surface area contributed by atoms with Crippen molar-refractivity contribution in [3.8, 4) is 11.1 Å². The maximum atomic E-state index is 6.08. The van der Waals surface area contributed by atoms with Crippen molar-refractivity contribution in [1.82, 2.24) is 4.98 Å². The summed E-state index contributed by atoms with van der Waals surface area (Å²) in [6.45, 7) is 7.94. The number of nitrogens with zero attached hydrogens (tertiary/aromatic N) is 3. The van der Waals surface area contributed by atoms with Crippen LogP contribution in [0.15, 0.2) is 77.9 Å². The Balaban J connectivity index is 1.58. The zero-order chi connectivity index (χ0) is 22.2. The van der Waals surface area contributed by atoms with Gasteiger partial charge in [-0.15, -0.1) is 0 Å². The van der Waals surface area contributed by atoms with Gasteiger partial charge in [0.1, 0.15) is 6.17 Å². The monoisotopic (exact) mass is 427 g/mol. The highest BCUT2D eigenvalue weighted by Gasteiger charge is 2.46. The summed E-state index contributed by atoms with van der Waals surface area (Å²) in [5.74, 6) is -0.567. The SMILES string of the molecule is CC1(C)OCC(C)(C2N=Cc3c(-c4ccccc4)cccc3N2Cc2ccccn2)CO1. The smallest absolute Gasteiger partial charge is 0.162 e. The molecule has 5 heteroatoms. The zero-order valence-corrected chi connectivity index (χ0v) is 18.9. The number of hydrogen-bond donors (Lipinski definition) is 0. The average molecular weight is 428 g/mol. The van der Waals surface area contributed by atoms with Crippen LogP contribution in [-0.2, 0) is 16.0 Å². The standard InChI is InChI=1S/C27H29N3O2/c1-26(2)31-18-27(3,19-32-26)25-29-16-23-22(20-10-5-4-6-11-20)13-9-14-24(23)30(25)17-21-12-7-8-15-28-21/h4-16,25H,17-19H2,1-3H3. The van der Waals surface area contributed by atoms with Crippen molar-refractivity contribution in [2.45, 2.75) is 39.3 Å². The molecule has 0 radical (unpaired) electrons. The minimum Gasteiger partial charge on any atom is -0.350 e. The maximum Gasteiger partial charge on any atom is 0.162 e. The topological polar surface area (TPSA) is 47.0 Å². The normalized spacial score (nSPS) is 21.2. The Bertz CT molecular complexity index is 1100. The van der Waals surface area contributed by atoms with Crippen molar-refractivity contribution in [2.24, 2.45) is 10.4 Å². The largest absolute Gasteiger partial charge is 0.350 e. The van der Waals surface area contributed by atoms with Gasteiger partial charge < -0.3 is 14.4 Å². The van der Waals surface area contributed by atoms with Crippen molar-refractivity contribution in [2.75, 3.05) is 18.1 Å². The van der Waals surface area contributed by atoms with E-state index in [1.54, 1.807) is 0 Å². The van der Waals surface area contributed by atoms with E-state index in [1.807, 2.05) is 44.5 Å². The van der Waals surface area contributed by atoms with Crippen LogP contribution in [0.1, 0.15) is 32.0 Å². The van der Waals surface area contributed by atoms with Gasteiger partial charge in [0.05, 0.1) is 30.9 Å². The molecule has 3 heterocycles. The Hall–Kier alpha value is -3.02. The van der Waals surface area contributed by atoms with Gasteiger partial charge in [-0.25, -0.2) is 0 Å². The fourth-order valence-electron chi connectivity index (χ4n) is 4.47. The molecule has 0 saturated carbocycles. The lowest BCUT2D eigenvalue weighted by atomic mass is 9.84. The molecule has 1 aromatic heterocycles. The molecular weight excluding hydrogens is 398 g/mol. The minimum absolute atomic E-state index is 0.126. The molecule has 0 amide bonds. The highest BCUT2D eigenvalue weighted by atomic mass is 16.7. The Labute approximate surface area is 189 Å². The summed E-state index contributed by atoms with van der Waals surface area (Å²) >= 11 is 0. The molecule has 1 unspecified atom stereocenters. The first-order chi connectivity index (χ1) is 15.5. The molecule has 0 bridgehead atoms. The zero-order valence-electron chi connectivity index (χ0n) is 18.9. The average Bonchev–Trinajstić information content (AvgIpc) is 2.82.